The first kappa shape index (κ1) is 12.4. The van der Waals surface area contributed by atoms with E-state index >= 15 is 0 Å². The van der Waals surface area contributed by atoms with Crippen LogP contribution in [0, 0.1) is 11.3 Å². The predicted octanol–water partition coefficient (Wildman–Crippen LogP) is 2.50. The molecule has 0 aromatic rings. The van der Waals surface area contributed by atoms with Gasteiger partial charge in [-0.2, -0.15) is 0 Å². The number of likely N-dealkylation sites (tertiary alicyclic amines) is 1. The number of hydrogen-bond donors (Lipinski definition) is 1. The molecule has 0 radical (unpaired) electrons. The van der Waals surface area contributed by atoms with Crippen molar-refractivity contribution >= 4 is 0 Å². The van der Waals surface area contributed by atoms with E-state index in [1.165, 1.54) is 51.9 Å². The molecule has 2 fully saturated rings. The fourth-order valence-corrected chi connectivity index (χ4v) is 3.50. The van der Waals surface area contributed by atoms with E-state index in [9.17, 15) is 0 Å². The molecule has 2 saturated heterocycles. The maximum Gasteiger partial charge on any atom is 0.00796 e. The van der Waals surface area contributed by atoms with E-state index in [4.69, 9.17) is 0 Å². The van der Waals surface area contributed by atoms with Crippen molar-refractivity contribution in [1.29, 1.82) is 0 Å². The SMILES string of the molecule is CCC1(CC)CCN(CC2CCNC2C)C1. The first-order valence-electron chi connectivity index (χ1n) is 7.15. The lowest BCUT2D eigenvalue weighted by molar-refractivity contribution is 0.213. The molecule has 16 heavy (non-hydrogen) atoms. The zero-order valence-corrected chi connectivity index (χ0v) is 11.3. The third-order valence-corrected chi connectivity index (χ3v) is 5.20. The molecule has 0 bridgehead atoms. The van der Waals surface area contributed by atoms with E-state index < -0.39 is 0 Å². The summed E-state index contributed by atoms with van der Waals surface area (Å²) in [4.78, 5) is 2.72. The monoisotopic (exact) mass is 224 g/mol. The van der Waals surface area contributed by atoms with Crippen LogP contribution >= 0.6 is 0 Å². The van der Waals surface area contributed by atoms with Crippen LogP contribution in [0.2, 0.25) is 0 Å². The van der Waals surface area contributed by atoms with Crippen LogP contribution in [0.25, 0.3) is 0 Å². The molecule has 0 aromatic carbocycles. The Morgan fingerprint density at radius 1 is 1.31 bits per heavy atom. The molecule has 0 amide bonds. The topological polar surface area (TPSA) is 15.3 Å². The third kappa shape index (κ3) is 2.43. The number of nitrogens with zero attached hydrogens (tertiary/aromatic N) is 1. The maximum absolute atomic E-state index is 3.57. The highest BCUT2D eigenvalue weighted by Crippen LogP contribution is 2.37. The van der Waals surface area contributed by atoms with E-state index in [0.29, 0.717) is 5.41 Å². The van der Waals surface area contributed by atoms with E-state index in [-0.39, 0.29) is 0 Å². The van der Waals surface area contributed by atoms with Crippen LogP contribution in [0.3, 0.4) is 0 Å². The Kier molecular flexibility index (Phi) is 3.91. The van der Waals surface area contributed by atoms with Gasteiger partial charge in [0.25, 0.3) is 0 Å². The number of hydrogen-bond acceptors (Lipinski definition) is 2. The van der Waals surface area contributed by atoms with Crippen LogP contribution in [0.5, 0.6) is 0 Å². The van der Waals surface area contributed by atoms with E-state index in [0.717, 1.165) is 12.0 Å². The largest absolute Gasteiger partial charge is 0.314 e. The number of rotatable bonds is 4. The molecule has 2 nitrogen and oxygen atoms in total. The lowest BCUT2D eigenvalue weighted by Crippen LogP contribution is -2.34. The van der Waals surface area contributed by atoms with Crippen molar-refractivity contribution in [2.75, 3.05) is 26.2 Å². The van der Waals surface area contributed by atoms with Gasteiger partial charge in [-0.1, -0.05) is 13.8 Å². The highest BCUT2D eigenvalue weighted by molar-refractivity contribution is 4.91. The molecule has 0 saturated carbocycles. The Morgan fingerprint density at radius 2 is 2.06 bits per heavy atom. The molecule has 2 heterocycles. The predicted molar refractivity (Wildman–Crippen MR) is 69.6 cm³/mol. The molecule has 0 spiro atoms. The van der Waals surface area contributed by atoms with Crippen molar-refractivity contribution in [2.24, 2.45) is 11.3 Å². The highest BCUT2D eigenvalue weighted by atomic mass is 15.2. The molecule has 2 heteroatoms. The lowest BCUT2D eigenvalue weighted by atomic mass is 9.82. The molecule has 2 rings (SSSR count). The van der Waals surface area contributed by atoms with Gasteiger partial charge in [-0.3, -0.25) is 0 Å². The van der Waals surface area contributed by atoms with Crippen LogP contribution in [0.4, 0.5) is 0 Å². The van der Waals surface area contributed by atoms with Gasteiger partial charge in [0, 0.05) is 19.1 Å². The molecule has 1 N–H and O–H groups in total. The molecule has 2 unspecified atom stereocenters. The van der Waals surface area contributed by atoms with E-state index in [1.807, 2.05) is 0 Å². The molecule has 2 atom stereocenters. The van der Waals surface area contributed by atoms with Crippen molar-refractivity contribution in [2.45, 2.75) is 52.5 Å². The van der Waals surface area contributed by atoms with Crippen LogP contribution in [-0.4, -0.2) is 37.1 Å². The molecule has 2 aliphatic heterocycles. The Labute approximate surface area is 101 Å². The minimum Gasteiger partial charge on any atom is -0.314 e. The molecule has 2 aliphatic rings. The summed E-state index contributed by atoms with van der Waals surface area (Å²) < 4.78 is 0. The first-order chi connectivity index (χ1) is 7.69. The molecule has 0 aromatic heterocycles. The summed E-state index contributed by atoms with van der Waals surface area (Å²) in [5.74, 6) is 0.893. The molecular formula is C14H28N2. The van der Waals surface area contributed by atoms with Gasteiger partial charge >= 0.3 is 0 Å². The van der Waals surface area contributed by atoms with Crippen molar-refractivity contribution in [3.05, 3.63) is 0 Å². The maximum atomic E-state index is 3.57. The first-order valence-corrected chi connectivity index (χ1v) is 7.15. The van der Waals surface area contributed by atoms with Crippen molar-refractivity contribution in [3.63, 3.8) is 0 Å². The zero-order valence-electron chi connectivity index (χ0n) is 11.3. The molecular weight excluding hydrogens is 196 g/mol. The summed E-state index contributed by atoms with van der Waals surface area (Å²) in [7, 11) is 0. The molecule has 0 aliphatic carbocycles. The Balaban J connectivity index is 1.84. The minimum absolute atomic E-state index is 0.648. The standard InChI is InChI=1S/C14H28N2/c1-4-14(5-2)7-9-16(11-14)10-13-6-8-15-12(13)3/h12-13,15H,4-11H2,1-3H3. The minimum atomic E-state index is 0.648. The van der Waals surface area contributed by atoms with Gasteiger partial charge in [0.05, 0.1) is 0 Å². The Morgan fingerprint density at radius 3 is 2.56 bits per heavy atom. The summed E-state index contributed by atoms with van der Waals surface area (Å²) in [5, 5.41) is 3.57. The average Bonchev–Trinajstić information content (AvgIpc) is 2.88. The zero-order chi connectivity index (χ0) is 11.6. The summed E-state index contributed by atoms with van der Waals surface area (Å²) in [6.07, 6.45) is 5.52. The smallest absolute Gasteiger partial charge is 0.00796 e. The van der Waals surface area contributed by atoms with Gasteiger partial charge in [0.15, 0.2) is 0 Å². The summed E-state index contributed by atoms with van der Waals surface area (Å²) in [5.41, 5.74) is 0.648. The summed E-state index contributed by atoms with van der Waals surface area (Å²) in [6.45, 7) is 12.3. The highest BCUT2D eigenvalue weighted by Gasteiger charge is 2.36. The third-order valence-electron chi connectivity index (χ3n) is 5.20. The second-order valence-electron chi connectivity index (χ2n) is 5.98. The Hall–Kier alpha value is -0.0800. The second-order valence-corrected chi connectivity index (χ2v) is 5.98. The Bertz CT molecular complexity index is 223. The van der Waals surface area contributed by atoms with E-state index in [2.05, 4.69) is 31.0 Å². The molecule has 94 valence electrons. The van der Waals surface area contributed by atoms with Crippen LogP contribution in [-0.2, 0) is 0 Å². The summed E-state index contributed by atoms with van der Waals surface area (Å²) >= 11 is 0. The van der Waals surface area contributed by atoms with Gasteiger partial charge in [0.2, 0.25) is 0 Å². The normalized spacial score (nSPS) is 34.7. The van der Waals surface area contributed by atoms with Gasteiger partial charge in [-0.15, -0.1) is 0 Å². The fraction of sp³-hybridized carbons (Fsp3) is 1.00. The number of nitrogens with one attached hydrogen (secondary N) is 1. The fourth-order valence-electron chi connectivity index (χ4n) is 3.50. The van der Waals surface area contributed by atoms with Crippen LogP contribution < -0.4 is 5.32 Å². The van der Waals surface area contributed by atoms with E-state index in [1.54, 1.807) is 0 Å². The van der Waals surface area contributed by atoms with Crippen molar-refractivity contribution in [1.82, 2.24) is 10.2 Å². The summed E-state index contributed by atoms with van der Waals surface area (Å²) in [6, 6.07) is 0.734. The quantitative estimate of drug-likeness (QED) is 0.789. The lowest BCUT2D eigenvalue weighted by Gasteiger charge is -2.28. The van der Waals surface area contributed by atoms with Crippen molar-refractivity contribution < 1.29 is 0 Å². The average molecular weight is 224 g/mol. The van der Waals surface area contributed by atoms with Gasteiger partial charge in [-0.25, -0.2) is 0 Å². The second kappa shape index (κ2) is 5.05. The van der Waals surface area contributed by atoms with Crippen LogP contribution in [0.15, 0.2) is 0 Å². The van der Waals surface area contributed by atoms with Gasteiger partial charge in [-0.05, 0) is 57.0 Å². The van der Waals surface area contributed by atoms with Crippen LogP contribution in [0.1, 0.15) is 46.5 Å². The van der Waals surface area contributed by atoms with Crippen molar-refractivity contribution in [3.8, 4) is 0 Å². The van der Waals surface area contributed by atoms with Gasteiger partial charge in [0.1, 0.15) is 0 Å². The van der Waals surface area contributed by atoms with Gasteiger partial charge < -0.3 is 10.2 Å².